The number of rotatable bonds is 6. The first-order chi connectivity index (χ1) is 13.0. The molecule has 6 nitrogen and oxygen atoms in total. The molecule has 0 unspecified atom stereocenters. The third kappa shape index (κ3) is 3.98. The maximum Gasteiger partial charge on any atom is 0.249 e. The van der Waals surface area contributed by atoms with Crippen LogP contribution in [-0.2, 0) is 0 Å². The number of pyridine rings is 1. The smallest absolute Gasteiger partial charge is 0.249 e. The molecule has 3 aromatic rings. The van der Waals surface area contributed by atoms with E-state index in [1.165, 1.54) is 50.6 Å². The van der Waals surface area contributed by atoms with E-state index < -0.39 is 5.82 Å². The predicted octanol–water partition coefficient (Wildman–Crippen LogP) is 3.51. The molecule has 0 spiro atoms. The Kier molecular flexibility index (Phi) is 5.21. The zero-order chi connectivity index (χ0) is 19.4. The maximum absolute atomic E-state index is 13.1. The van der Waals surface area contributed by atoms with Crippen LogP contribution < -0.4 is 20.3 Å². The summed E-state index contributed by atoms with van der Waals surface area (Å²) in [6.45, 7) is 0. The summed E-state index contributed by atoms with van der Waals surface area (Å²) in [4.78, 5) is 27.2. The molecule has 27 heavy (non-hydrogen) atoms. The van der Waals surface area contributed by atoms with Crippen molar-refractivity contribution >= 4 is 17.3 Å². The number of carbonyl (C=O) groups is 1. The highest BCUT2D eigenvalue weighted by Gasteiger charge is 2.16. The van der Waals surface area contributed by atoms with Crippen molar-refractivity contribution < 1.29 is 18.7 Å². The molecule has 0 aliphatic carbocycles. The molecule has 0 fully saturated rings. The number of ketones is 1. The van der Waals surface area contributed by atoms with Crippen LogP contribution >= 0.6 is 0 Å². The Labute approximate surface area is 154 Å². The van der Waals surface area contributed by atoms with Gasteiger partial charge < -0.3 is 19.8 Å². The van der Waals surface area contributed by atoms with Gasteiger partial charge in [-0.05, 0) is 42.5 Å². The largest absolute Gasteiger partial charge is 0.497 e. The lowest BCUT2D eigenvalue weighted by Crippen LogP contribution is -2.14. The second-order valence-electron chi connectivity index (χ2n) is 5.64. The minimum atomic E-state index is -0.436. The van der Waals surface area contributed by atoms with Gasteiger partial charge in [-0.25, -0.2) is 4.39 Å². The van der Waals surface area contributed by atoms with E-state index >= 15 is 0 Å². The van der Waals surface area contributed by atoms with E-state index in [1.807, 2.05) is 0 Å². The summed E-state index contributed by atoms with van der Waals surface area (Å²) in [7, 11) is 3.04. The summed E-state index contributed by atoms with van der Waals surface area (Å²) >= 11 is 0. The van der Waals surface area contributed by atoms with E-state index in [-0.39, 0.29) is 22.7 Å². The molecule has 0 atom stereocenters. The molecule has 0 saturated heterocycles. The fourth-order valence-corrected chi connectivity index (χ4v) is 2.56. The summed E-state index contributed by atoms with van der Waals surface area (Å²) in [6.07, 6.45) is 0. The zero-order valence-corrected chi connectivity index (χ0v) is 14.7. The second-order valence-corrected chi connectivity index (χ2v) is 5.64. The molecule has 1 aromatic heterocycles. The van der Waals surface area contributed by atoms with Crippen molar-refractivity contribution in [3.05, 3.63) is 81.9 Å². The van der Waals surface area contributed by atoms with Crippen molar-refractivity contribution in [3.63, 3.8) is 0 Å². The fraction of sp³-hybridized carbons (Fsp3) is 0.100. The summed E-state index contributed by atoms with van der Waals surface area (Å²) in [5.74, 6) is 0.483. The molecule has 0 radical (unpaired) electrons. The van der Waals surface area contributed by atoms with Crippen molar-refractivity contribution in [3.8, 4) is 11.5 Å². The van der Waals surface area contributed by atoms with Crippen LogP contribution in [0.25, 0.3) is 0 Å². The molecule has 1 heterocycles. The minimum absolute atomic E-state index is 0.209. The Hall–Kier alpha value is -3.61. The van der Waals surface area contributed by atoms with Crippen LogP contribution in [0.2, 0.25) is 0 Å². The fourth-order valence-electron chi connectivity index (χ4n) is 2.56. The van der Waals surface area contributed by atoms with Crippen LogP contribution in [-0.4, -0.2) is 25.0 Å². The Morgan fingerprint density at radius 1 is 1.00 bits per heavy atom. The first-order valence-electron chi connectivity index (χ1n) is 8.04. The third-order valence-electron chi connectivity index (χ3n) is 3.94. The van der Waals surface area contributed by atoms with Crippen LogP contribution in [0.3, 0.4) is 0 Å². The standard InChI is InChI=1S/C20H17FN2O4/c1-26-14-7-9-16(17(11-14)27-2)22-20-15(8-10-18(24)23-20)19(25)12-3-5-13(21)6-4-12/h3-11H,1-2H3,(H2,22,23,24). The van der Waals surface area contributed by atoms with Gasteiger partial charge in [-0.2, -0.15) is 0 Å². The molecule has 138 valence electrons. The quantitative estimate of drug-likeness (QED) is 0.651. The van der Waals surface area contributed by atoms with Gasteiger partial charge in [0.2, 0.25) is 5.56 Å². The topological polar surface area (TPSA) is 80.4 Å². The Balaban J connectivity index is 2.01. The number of anilines is 2. The van der Waals surface area contributed by atoms with Gasteiger partial charge in [-0.15, -0.1) is 0 Å². The summed E-state index contributed by atoms with van der Waals surface area (Å²) < 4.78 is 23.6. The lowest BCUT2D eigenvalue weighted by molar-refractivity contribution is 0.103. The van der Waals surface area contributed by atoms with Crippen LogP contribution in [0, 0.1) is 5.82 Å². The van der Waals surface area contributed by atoms with Gasteiger partial charge in [0.15, 0.2) is 5.78 Å². The van der Waals surface area contributed by atoms with Gasteiger partial charge in [-0.3, -0.25) is 9.59 Å². The minimum Gasteiger partial charge on any atom is -0.497 e. The highest BCUT2D eigenvalue weighted by molar-refractivity contribution is 6.12. The van der Waals surface area contributed by atoms with E-state index in [1.54, 1.807) is 18.2 Å². The van der Waals surface area contributed by atoms with E-state index in [0.29, 0.717) is 22.7 Å². The number of methoxy groups -OCH3 is 2. The molecule has 0 saturated carbocycles. The SMILES string of the molecule is COc1ccc(Nc2[nH]c(=O)ccc2C(=O)c2ccc(F)cc2)c(OC)c1. The highest BCUT2D eigenvalue weighted by Crippen LogP contribution is 2.32. The molecule has 0 aliphatic heterocycles. The first kappa shape index (κ1) is 18.2. The van der Waals surface area contributed by atoms with Gasteiger partial charge in [-0.1, -0.05) is 0 Å². The summed E-state index contributed by atoms with van der Waals surface area (Å²) in [5, 5.41) is 3.02. The Morgan fingerprint density at radius 3 is 2.41 bits per heavy atom. The number of hydrogen-bond acceptors (Lipinski definition) is 5. The monoisotopic (exact) mass is 368 g/mol. The van der Waals surface area contributed by atoms with E-state index in [0.717, 1.165) is 0 Å². The van der Waals surface area contributed by atoms with Gasteiger partial charge in [0.1, 0.15) is 23.1 Å². The van der Waals surface area contributed by atoms with Gasteiger partial charge in [0, 0.05) is 17.7 Å². The molecular weight excluding hydrogens is 351 g/mol. The lowest BCUT2D eigenvalue weighted by atomic mass is 10.0. The van der Waals surface area contributed by atoms with Gasteiger partial charge >= 0.3 is 0 Å². The van der Waals surface area contributed by atoms with E-state index in [9.17, 15) is 14.0 Å². The Morgan fingerprint density at radius 2 is 1.74 bits per heavy atom. The van der Waals surface area contributed by atoms with Crippen molar-refractivity contribution in [1.82, 2.24) is 4.98 Å². The Bertz CT molecular complexity index is 1030. The molecule has 2 N–H and O–H groups in total. The zero-order valence-electron chi connectivity index (χ0n) is 14.7. The highest BCUT2D eigenvalue weighted by atomic mass is 19.1. The molecular formula is C20H17FN2O4. The summed E-state index contributed by atoms with van der Waals surface area (Å²) in [6, 6.07) is 13.0. The molecule has 2 aromatic carbocycles. The molecule has 0 amide bonds. The number of halogens is 1. The van der Waals surface area contributed by atoms with Crippen LogP contribution in [0.4, 0.5) is 15.9 Å². The van der Waals surface area contributed by atoms with Crippen molar-refractivity contribution in [2.45, 2.75) is 0 Å². The van der Waals surface area contributed by atoms with Gasteiger partial charge in [0.05, 0.1) is 25.5 Å². The number of aromatic nitrogens is 1. The average molecular weight is 368 g/mol. The number of hydrogen-bond donors (Lipinski definition) is 2. The van der Waals surface area contributed by atoms with E-state index in [4.69, 9.17) is 9.47 Å². The van der Waals surface area contributed by atoms with Crippen molar-refractivity contribution in [1.29, 1.82) is 0 Å². The maximum atomic E-state index is 13.1. The van der Waals surface area contributed by atoms with Crippen LogP contribution in [0.1, 0.15) is 15.9 Å². The van der Waals surface area contributed by atoms with Crippen LogP contribution in [0.15, 0.2) is 59.4 Å². The lowest BCUT2D eigenvalue weighted by Gasteiger charge is -2.14. The molecule has 3 rings (SSSR count). The van der Waals surface area contributed by atoms with E-state index in [2.05, 4.69) is 10.3 Å². The molecule has 0 aliphatic rings. The van der Waals surface area contributed by atoms with Crippen LogP contribution in [0.5, 0.6) is 11.5 Å². The molecule has 7 heteroatoms. The summed E-state index contributed by atoms with van der Waals surface area (Å²) in [5.41, 5.74) is 0.696. The second kappa shape index (κ2) is 7.74. The number of aromatic amines is 1. The average Bonchev–Trinajstić information content (AvgIpc) is 2.68. The number of ether oxygens (including phenoxy) is 2. The van der Waals surface area contributed by atoms with Crippen molar-refractivity contribution in [2.75, 3.05) is 19.5 Å². The van der Waals surface area contributed by atoms with Gasteiger partial charge in [0.25, 0.3) is 0 Å². The number of nitrogens with one attached hydrogen (secondary N) is 2. The first-order valence-corrected chi connectivity index (χ1v) is 8.04. The predicted molar refractivity (Wildman–Crippen MR) is 99.7 cm³/mol. The number of H-pyrrole nitrogens is 1. The van der Waals surface area contributed by atoms with Crippen molar-refractivity contribution in [2.24, 2.45) is 0 Å². The normalized spacial score (nSPS) is 10.3. The number of carbonyl (C=O) groups excluding carboxylic acids is 1. The molecule has 0 bridgehead atoms. The third-order valence-corrected chi connectivity index (χ3v) is 3.94. The number of benzene rings is 2.